The first-order chi connectivity index (χ1) is 11.0. The Kier molecular flexibility index (Phi) is 4.26. The van der Waals surface area contributed by atoms with Crippen molar-refractivity contribution in [2.24, 2.45) is 0 Å². The van der Waals surface area contributed by atoms with Crippen LogP contribution in [-0.4, -0.2) is 42.2 Å². The van der Waals surface area contributed by atoms with Gasteiger partial charge in [0, 0.05) is 25.1 Å². The second kappa shape index (κ2) is 5.75. The van der Waals surface area contributed by atoms with Gasteiger partial charge in [-0.05, 0) is 39.2 Å². The van der Waals surface area contributed by atoms with E-state index in [0.29, 0.717) is 11.0 Å². The summed E-state index contributed by atoms with van der Waals surface area (Å²) < 4.78 is 52.7. The van der Waals surface area contributed by atoms with Gasteiger partial charge < -0.3 is 9.31 Å². The number of hydrogen-bond donors (Lipinski definition) is 0. The molecule has 1 aromatic carbocycles. The van der Waals surface area contributed by atoms with Gasteiger partial charge in [0.05, 0.1) is 17.7 Å². The maximum Gasteiger partial charge on any atom is 0.494 e. The molecule has 0 spiro atoms. The van der Waals surface area contributed by atoms with Gasteiger partial charge in [-0.15, -0.1) is 0 Å². The number of rotatable bonds is 3. The monoisotopic (exact) mass is 341 g/mol. The van der Waals surface area contributed by atoms with Gasteiger partial charge >= 0.3 is 7.12 Å². The molecule has 7 heteroatoms. The Labute approximate surface area is 141 Å². The number of alkyl halides is 2. The predicted molar refractivity (Wildman–Crippen MR) is 87.0 cm³/mol. The first-order valence-electron chi connectivity index (χ1n) is 8.23. The molecule has 2 heterocycles. The van der Waals surface area contributed by atoms with Gasteiger partial charge in [0.25, 0.3) is 5.92 Å². The molecule has 0 saturated carbocycles. The Morgan fingerprint density at radius 3 is 2.25 bits per heavy atom. The summed E-state index contributed by atoms with van der Waals surface area (Å²) in [6.45, 7) is 7.90. The maximum atomic E-state index is 14.4. The fourth-order valence-corrected chi connectivity index (χ4v) is 3.00. The highest BCUT2D eigenvalue weighted by atomic mass is 19.3. The van der Waals surface area contributed by atoms with E-state index >= 15 is 0 Å². The lowest BCUT2D eigenvalue weighted by Crippen LogP contribution is -2.41. The molecule has 132 valence electrons. The third-order valence-electron chi connectivity index (χ3n) is 5.25. The van der Waals surface area contributed by atoms with Crippen LogP contribution in [0.2, 0.25) is 0 Å². The second-order valence-electron chi connectivity index (χ2n) is 7.76. The Morgan fingerprint density at radius 2 is 1.75 bits per heavy atom. The number of hydrogen-bond acceptors (Lipinski definition) is 3. The van der Waals surface area contributed by atoms with Crippen molar-refractivity contribution in [2.45, 2.75) is 57.8 Å². The minimum Gasteiger partial charge on any atom is -0.399 e. The van der Waals surface area contributed by atoms with E-state index in [1.807, 2.05) is 27.7 Å². The van der Waals surface area contributed by atoms with Crippen LogP contribution in [-0.2, 0) is 15.9 Å². The van der Waals surface area contributed by atoms with Gasteiger partial charge in [-0.1, -0.05) is 12.1 Å². The summed E-state index contributed by atoms with van der Waals surface area (Å²) in [5, 5.41) is 0. The van der Waals surface area contributed by atoms with Crippen LogP contribution in [0.4, 0.5) is 13.2 Å². The van der Waals surface area contributed by atoms with E-state index < -0.39 is 30.1 Å². The van der Waals surface area contributed by atoms with E-state index in [0.717, 1.165) is 0 Å². The van der Waals surface area contributed by atoms with Gasteiger partial charge in [0.1, 0.15) is 5.82 Å². The van der Waals surface area contributed by atoms with Crippen molar-refractivity contribution >= 4 is 12.6 Å². The van der Waals surface area contributed by atoms with Crippen molar-refractivity contribution in [3.63, 3.8) is 0 Å². The second-order valence-corrected chi connectivity index (χ2v) is 7.76. The van der Waals surface area contributed by atoms with Crippen LogP contribution in [0.3, 0.4) is 0 Å². The lowest BCUT2D eigenvalue weighted by molar-refractivity contribution is 0.00578. The van der Waals surface area contributed by atoms with Crippen LogP contribution in [0.15, 0.2) is 18.2 Å². The number of likely N-dealkylation sites (tertiary alicyclic amines) is 1. The van der Waals surface area contributed by atoms with Gasteiger partial charge in [0.2, 0.25) is 0 Å². The van der Waals surface area contributed by atoms with Crippen LogP contribution in [0.5, 0.6) is 0 Å². The first kappa shape index (κ1) is 17.8. The molecular formula is C17H23BF3NO2. The average Bonchev–Trinajstić information content (AvgIpc) is 2.88. The number of benzene rings is 1. The van der Waals surface area contributed by atoms with E-state index in [9.17, 15) is 13.2 Å². The zero-order chi connectivity index (χ0) is 17.8. The summed E-state index contributed by atoms with van der Waals surface area (Å²) in [5.74, 6) is -3.09. The molecule has 24 heavy (non-hydrogen) atoms. The highest BCUT2D eigenvalue weighted by Crippen LogP contribution is 2.36. The third-order valence-corrected chi connectivity index (χ3v) is 5.25. The summed E-state index contributed by atoms with van der Waals surface area (Å²) in [4.78, 5) is 1.58. The minimum atomic E-state index is -2.67. The Morgan fingerprint density at radius 1 is 1.12 bits per heavy atom. The Balaban J connectivity index is 1.72. The molecule has 0 aliphatic carbocycles. The van der Waals surface area contributed by atoms with E-state index in [4.69, 9.17) is 9.31 Å². The smallest absolute Gasteiger partial charge is 0.399 e. The quantitative estimate of drug-likeness (QED) is 0.789. The molecular weight excluding hydrogens is 318 g/mol. The number of nitrogens with zero attached hydrogens (tertiary/aromatic N) is 1. The zero-order valence-electron chi connectivity index (χ0n) is 14.5. The molecule has 3 nitrogen and oxygen atoms in total. The van der Waals surface area contributed by atoms with E-state index in [1.54, 1.807) is 17.0 Å². The Hall–Kier alpha value is -1.05. The molecule has 0 unspecified atom stereocenters. The van der Waals surface area contributed by atoms with Crippen LogP contribution < -0.4 is 5.46 Å². The summed E-state index contributed by atoms with van der Waals surface area (Å²) in [6.07, 6.45) is -0.166. The lowest BCUT2D eigenvalue weighted by atomic mass is 9.78. The van der Waals surface area contributed by atoms with E-state index in [2.05, 4.69) is 0 Å². The van der Waals surface area contributed by atoms with Crippen molar-refractivity contribution in [2.75, 3.05) is 13.1 Å². The zero-order valence-corrected chi connectivity index (χ0v) is 14.5. The molecule has 0 N–H and O–H groups in total. The maximum absolute atomic E-state index is 14.4. The number of halogens is 3. The van der Waals surface area contributed by atoms with E-state index in [1.165, 1.54) is 6.07 Å². The standard InChI is InChI=1S/C17H23BF3NO2/c1-15(2)16(3,4)24-18(23-15)13-6-5-12(14(19)9-13)10-22-8-7-17(20,21)11-22/h5-6,9H,7-8,10-11H2,1-4H3. The van der Waals surface area contributed by atoms with Gasteiger partial charge in [-0.25, -0.2) is 13.2 Å². The molecule has 0 amide bonds. The minimum absolute atomic E-state index is 0.166. The first-order valence-corrected chi connectivity index (χ1v) is 8.23. The summed E-state index contributed by atoms with van der Waals surface area (Å²) >= 11 is 0. The van der Waals surface area contributed by atoms with E-state index in [-0.39, 0.29) is 26.1 Å². The molecule has 1 aromatic rings. The van der Waals surface area contributed by atoms with Crippen LogP contribution in [0.1, 0.15) is 39.7 Å². The van der Waals surface area contributed by atoms with Crippen molar-refractivity contribution in [1.29, 1.82) is 0 Å². The molecule has 0 aromatic heterocycles. The molecule has 2 aliphatic heterocycles. The molecule has 3 rings (SSSR count). The molecule has 2 aliphatic rings. The highest BCUT2D eigenvalue weighted by Gasteiger charge is 2.51. The topological polar surface area (TPSA) is 21.7 Å². The molecule has 2 fully saturated rings. The molecule has 0 atom stereocenters. The summed E-state index contributed by atoms with van der Waals surface area (Å²) in [6, 6.07) is 4.76. The third kappa shape index (κ3) is 3.34. The van der Waals surface area contributed by atoms with Crippen molar-refractivity contribution in [3.05, 3.63) is 29.6 Å². The highest BCUT2D eigenvalue weighted by molar-refractivity contribution is 6.62. The van der Waals surface area contributed by atoms with Crippen LogP contribution in [0.25, 0.3) is 0 Å². The van der Waals surface area contributed by atoms with Crippen molar-refractivity contribution in [3.8, 4) is 0 Å². The van der Waals surface area contributed by atoms with Gasteiger partial charge in [-0.3, -0.25) is 4.90 Å². The summed E-state index contributed by atoms with van der Waals surface area (Å²) in [5.41, 5.74) is 0.0247. The van der Waals surface area contributed by atoms with Gasteiger partial charge in [-0.2, -0.15) is 0 Å². The average molecular weight is 341 g/mol. The van der Waals surface area contributed by atoms with Crippen LogP contribution >= 0.6 is 0 Å². The fraction of sp³-hybridized carbons (Fsp3) is 0.647. The fourth-order valence-electron chi connectivity index (χ4n) is 3.00. The molecule has 0 bridgehead atoms. The normalized spacial score (nSPS) is 25.4. The van der Waals surface area contributed by atoms with Crippen molar-refractivity contribution < 1.29 is 22.5 Å². The predicted octanol–water partition coefficient (Wildman–Crippen LogP) is 2.97. The summed E-state index contributed by atoms with van der Waals surface area (Å²) in [7, 11) is -0.630. The molecule has 2 saturated heterocycles. The van der Waals surface area contributed by atoms with Gasteiger partial charge in [0.15, 0.2) is 0 Å². The SMILES string of the molecule is CC1(C)OB(c2ccc(CN3CCC(F)(F)C3)c(F)c2)OC1(C)C. The Bertz CT molecular complexity index is 620. The lowest BCUT2D eigenvalue weighted by Gasteiger charge is -2.32. The van der Waals surface area contributed by atoms with Crippen molar-refractivity contribution in [1.82, 2.24) is 4.90 Å². The largest absolute Gasteiger partial charge is 0.494 e. The van der Waals surface area contributed by atoms with Crippen LogP contribution in [0, 0.1) is 5.82 Å². The molecule has 0 radical (unpaired) electrons.